The first-order chi connectivity index (χ1) is 9.27. The first kappa shape index (κ1) is 15.5. The van der Waals surface area contributed by atoms with Crippen molar-refractivity contribution < 1.29 is 14.3 Å². The zero-order valence-electron chi connectivity index (χ0n) is 11.6. The molecule has 0 aliphatic rings. The lowest BCUT2D eigenvalue weighted by atomic mass is 10.1. The summed E-state index contributed by atoms with van der Waals surface area (Å²) in [6, 6.07) is 7.82. The zero-order chi connectivity index (χ0) is 13.9. The minimum atomic E-state index is -0.00833. The van der Waals surface area contributed by atoms with E-state index in [4.69, 9.17) is 9.47 Å². The van der Waals surface area contributed by atoms with E-state index in [-0.39, 0.29) is 5.91 Å². The maximum Gasteiger partial charge on any atom is 0.233 e. The van der Waals surface area contributed by atoms with Crippen molar-refractivity contribution in [3.63, 3.8) is 0 Å². The molecule has 0 aliphatic heterocycles. The topological polar surface area (TPSA) is 59.6 Å². The fraction of sp³-hybridized carbons (Fsp3) is 0.500. The Kier molecular flexibility index (Phi) is 7.62. The van der Waals surface area contributed by atoms with Gasteiger partial charge in [-0.15, -0.1) is 0 Å². The van der Waals surface area contributed by atoms with Crippen LogP contribution >= 0.6 is 0 Å². The van der Waals surface area contributed by atoms with Crippen LogP contribution in [0.2, 0.25) is 0 Å². The Morgan fingerprint density at radius 3 is 2.74 bits per heavy atom. The van der Waals surface area contributed by atoms with E-state index in [1.807, 2.05) is 24.3 Å². The van der Waals surface area contributed by atoms with Gasteiger partial charge in [0.1, 0.15) is 5.75 Å². The van der Waals surface area contributed by atoms with Crippen LogP contribution in [-0.2, 0) is 16.0 Å². The molecular formula is C14H22N2O3. The van der Waals surface area contributed by atoms with Crippen LogP contribution in [0.5, 0.6) is 5.75 Å². The number of benzene rings is 1. The monoisotopic (exact) mass is 266 g/mol. The first-order valence-electron chi connectivity index (χ1n) is 6.36. The molecule has 1 rings (SSSR count). The molecule has 2 N–H and O–H groups in total. The Balaban J connectivity index is 2.20. The minimum absolute atomic E-state index is 0.00833. The summed E-state index contributed by atoms with van der Waals surface area (Å²) >= 11 is 0. The van der Waals surface area contributed by atoms with Crippen molar-refractivity contribution in [1.82, 2.24) is 10.6 Å². The summed E-state index contributed by atoms with van der Waals surface area (Å²) in [6.45, 7) is 2.20. The number of carbonyl (C=O) groups is 1. The molecule has 0 radical (unpaired) electrons. The van der Waals surface area contributed by atoms with Gasteiger partial charge in [0.25, 0.3) is 0 Å². The van der Waals surface area contributed by atoms with E-state index in [1.54, 1.807) is 14.2 Å². The lowest BCUT2D eigenvalue weighted by molar-refractivity contribution is -0.120. The lowest BCUT2D eigenvalue weighted by Crippen LogP contribution is -2.36. The van der Waals surface area contributed by atoms with Crippen LogP contribution in [0.4, 0.5) is 0 Å². The van der Waals surface area contributed by atoms with E-state index in [0.29, 0.717) is 26.2 Å². The van der Waals surface area contributed by atoms with Crippen molar-refractivity contribution in [3.05, 3.63) is 29.8 Å². The molecule has 1 aromatic carbocycles. The highest BCUT2D eigenvalue weighted by molar-refractivity contribution is 5.77. The summed E-state index contributed by atoms with van der Waals surface area (Å²) in [5, 5.41) is 5.86. The van der Waals surface area contributed by atoms with Gasteiger partial charge in [-0.1, -0.05) is 18.2 Å². The highest BCUT2D eigenvalue weighted by atomic mass is 16.5. The maximum atomic E-state index is 11.5. The lowest BCUT2D eigenvalue weighted by Gasteiger charge is -2.09. The summed E-state index contributed by atoms with van der Waals surface area (Å²) < 4.78 is 10.1. The number of hydrogen-bond acceptors (Lipinski definition) is 4. The van der Waals surface area contributed by atoms with Crippen LogP contribution < -0.4 is 15.4 Å². The SMILES string of the molecule is COCCNCC(=O)NCCc1ccccc1OC. The third-order valence-electron chi connectivity index (χ3n) is 2.68. The molecule has 5 nitrogen and oxygen atoms in total. The van der Waals surface area contributed by atoms with Gasteiger partial charge in [0.2, 0.25) is 5.91 Å². The number of methoxy groups -OCH3 is 2. The van der Waals surface area contributed by atoms with Crippen molar-refractivity contribution in [2.24, 2.45) is 0 Å². The van der Waals surface area contributed by atoms with E-state index < -0.39 is 0 Å². The quantitative estimate of drug-likeness (QED) is 0.642. The predicted molar refractivity (Wildman–Crippen MR) is 74.5 cm³/mol. The second kappa shape index (κ2) is 9.35. The summed E-state index contributed by atoms with van der Waals surface area (Å²) in [5.41, 5.74) is 1.10. The van der Waals surface area contributed by atoms with E-state index in [9.17, 15) is 4.79 Å². The highest BCUT2D eigenvalue weighted by Gasteiger charge is 2.03. The summed E-state index contributed by atoms with van der Waals surface area (Å²) in [7, 11) is 3.28. The molecular weight excluding hydrogens is 244 g/mol. The number of para-hydroxylation sites is 1. The Labute approximate surface area is 114 Å². The van der Waals surface area contributed by atoms with Crippen molar-refractivity contribution in [2.45, 2.75) is 6.42 Å². The minimum Gasteiger partial charge on any atom is -0.496 e. The number of rotatable bonds is 9. The van der Waals surface area contributed by atoms with Crippen molar-refractivity contribution in [2.75, 3.05) is 40.5 Å². The van der Waals surface area contributed by atoms with Gasteiger partial charge >= 0.3 is 0 Å². The molecule has 5 heteroatoms. The average molecular weight is 266 g/mol. The number of nitrogens with one attached hydrogen (secondary N) is 2. The van der Waals surface area contributed by atoms with Gasteiger partial charge in [-0.25, -0.2) is 0 Å². The number of ether oxygens (including phenoxy) is 2. The standard InChI is InChI=1S/C14H22N2O3/c1-18-10-9-15-11-14(17)16-8-7-12-5-3-4-6-13(12)19-2/h3-6,15H,7-11H2,1-2H3,(H,16,17). The molecule has 0 aliphatic carbocycles. The molecule has 0 heterocycles. The third kappa shape index (κ3) is 6.22. The van der Waals surface area contributed by atoms with Gasteiger partial charge in [0.15, 0.2) is 0 Å². The summed E-state index contributed by atoms with van der Waals surface area (Å²) in [4.78, 5) is 11.5. The van der Waals surface area contributed by atoms with Gasteiger partial charge in [-0.2, -0.15) is 0 Å². The molecule has 1 amide bonds. The average Bonchev–Trinajstić information content (AvgIpc) is 2.44. The first-order valence-corrected chi connectivity index (χ1v) is 6.36. The molecule has 0 unspecified atom stereocenters. The fourth-order valence-corrected chi connectivity index (χ4v) is 1.68. The molecule has 0 saturated carbocycles. The van der Waals surface area contributed by atoms with E-state index in [2.05, 4.69) is 10.6 Å². The zero-order valence-corrected chi connectivity index (χ0v) is 11.6. The van der Waals surface area contributed by atoms with E-state index in [1.165, 1.54) is 0 Å². The predicted octanol–water partition coefficient (Wildman–Crippen LogP) is 0.590. The summed E-state index contributed by atoms with van der Waals surface area (Å²) in [5.74, 6) is 0.848. The fourth-order valence-electron chi connectivity index (χ4n) is 1.68. The van der Waals surface area contributed by atoms with Gasteiger partial charge in [0, 0.05) is 20.2 Å². The van der Waals surface area contributed by atoms with Gasteiger partial charge in [-0.05, 0) is 18.1 Å². The van der Waals surface area contributed by atoms with Gasteiger partial charge in [0.05, 0.1) is 20.3 Å². The number of carbonyl (C=O) groups excluding carboxylic acids is 1. The van der Waals surface area contributed by atoms with Gasteiger partial charge < -0.3 is 20.1 Å². The molecule has 0 aromatic heterocycles. The van der Waals surface area contributed by atoms with Gasteiger partial charge in [-0.3, -0.25) is 4.79 Å². The smallest absolute Gasteiger partial charge is 0.233 e. The van der Waals surface area contributed by atoms with Crippen LogP contribution in [-0.4, -0.2) is 46.4 Å². The second-order valence-electron chi connectivity index (χ2n) is 4.08. The van der Waals surface area contributed by atoms with Crippen LogP contribution in [0.3, 0.4) is 0 Å². The normalized spacial score (nSPS) is 10.2. The van der Waals surface area contributed by atoms with Crippen molar-refractivity contribution >= 4 is 5.91 Å². The molecule has 1 aromatic rings. The summed E-state index contributed by atoms with van der Waals surface area (Å²) in [6.07, 6.45) is 0.758. The van der Waals surface area contributed by atoms with Crippen molar-refractivity contribution in [3.8, 4) is 5.75 Å². The van der Waals surface area contributed by atoms with Crippen LogP contribution in [0.15, 0.2) is 24.3 Å². The van der Waals surface area contributed by atoms with Crippen LogP contribution in [0.25, 0.3) is 0 Å². The molecule has 0 spiro atoms. The highest BCUT2D eigenvalue weighted by Crippen LogP contribution is 2.16. The molecule has 0 fully saturated rings. The Morgan fingerprint density at radius 2 is 2.00 bits per heavy atom. The number of hydrogen-bond donors (Lipinski definition) is 2. The number of amides is 1. The largest absolute Gasteiger partial charge is 0.496 e. The Hall–Kier alpha value is -1.59. The Bertz CT molecular complexity index is 383. The third-order valence-corrected chi connectivity index (χ3v) is 2.68. The van der Waals surface area contributed by atoms with E-state index >= 15 is 0 Å². The van der Waals surface area contributed by atoms with Crippen LogP contribution in [0, 0.1) is 0 Å². The van der Waals surface area contributed by atoms with E-state index in [0.717, 1.165) is 17.7 Å². The maximum absolute atomic E-state index is 11.5. The second-order valence-corrected chi connectivity index (χ2v) is 4.08. The molecule has 106 valence electrons. The molecule has 0 saturated heterocycles. The van der Waals surface area contributed by atoms with Crippen LogP contribution in [0.1, 0.15) is 5.56 Å². The van der Waals surface area contributed by atoms with Crippen molar-refractivity contribution in [1.29, 1.82) is 0 Å². The molecule has 0 bridgehead atoms. The Morgan fingerprint density at radius 1 is 1.21 bits per heavy atom. The molecule has 0 atom stereocenters. The molecule has 19 heavy (non-hydrogen) atoms.